The summed E-state index contributed by atoms with van der Waals surface area (Å²) >= 11 is 1.38. The van der Waals surface area contributed by atoms with Gasteiger partial charge in [-0.05, 0) is 68.9 Å². The zero-order valence-electron chi connectivity index (χ0n) is 15.8. The minimum atomic E-state index is 0.168. The Balaban J connectivity index is 1.75. The molecule has 142 valence electrons. The fraction of sp³-hybridized carbons (Fsp3) is 0.333. The summed E-state index contributed by atoms with van der Waals surface area (Å²) < 4.78 is 2.10. The molecule has 3 aromatic rings. The lowest BCUT2D eigenvalue weighted by Gasteiger charge is -2.31. The zero-order valence-corrected chi connectivity index (χ0v) is 16.6. The quantitative estimate of drug-likeness (QED) is 0.649. The van der Waals surface area contributed by atoms with Crippen molar-refractivity contribution in [1.29, 1.82) is 5.26 Å². The molecule has 0 radical (unpaired) electrons. The Labute approximate surface area is 169 Å². The Bertz CT molecular complexity index is 972. The Morgan fingerprint density at radius 2 is 1.82 bits per heavy atom. The van der Waals surface area contributed by atoms with Gasteiger partial charge in [0.05, 0.1) is 11.6 Å². The molecular weight excluding hydrogens is 368 g/mol. The molecule has 0 bridgehead atoms. The molecule has 0 N–H and O–H groups in total. The lowest BCUT2D eigenvalue weighted by molar-refractivity contribution is 0.167. The van der Waals surface area contributed by atoms with Gasteiger partial charge in [0.15, 0.2) is 5.82 Å². The summed E-state index contributed by atoms with van der Waals surface area (Å²) in [6.45, 7) is 4.37. The first kappa shape index (κ1) is 18.7. The second kappa shape index (κ2) is 8.55. The monoisotopic (exact) mass is 390 g/mol. The van der Waals surface area contributed by atoms with Crippen LogP contribution in [0, 0.1) is 11.3 Å². The first-order valence-electron chi connectivity index (χ1n) is 9.55. The normalized spacial score (nSPS) is 15.9. The number of hydrogen-bond acceptors (Lipinski definition) is 6. The number of benzene rings is 1. The number of likely N-dealkylation sites (tertiary alicyclic amines) is 1. The SMILES string of the molecule is C[C@H](c1nnc(Sc2ncccc2C#N)n1-c1ccccc1)N1CCCCC1. The van der Waals surface area contributed by atoms with Crippen LogP contribution in [0.5, 0.6) is 0 Å². The lowest BCUT2D eigenvalue weighted by Crippen LogP contribution is -2.33. The molecular formula is C21H22N6S. The Morgan fingerprint density at radius 1 is 1.04 bits per heavy atom. The van der Waals surface area contributed by atoms with Crippen LogP contribution >= 0.6 is 11.8 Å². The highest BCUT2D eigenvalue weighted by molar-refractivity contribution is 7.99. The van der Waals surface area contributed by atoms with E-state index in [0.29, 0.717) is 10.6 Å². The number of nitrogens with zero attached hydrogens (tertiary/aromatic N) is 6. The largest absolute Gasteiger partial charge is 0.294 e. The maximum atomic E-state index is 9.39. The molecule has 0 spiro atoms. The first-order valence-corrected chi connectivity index (χ1v) is 10.4. The third-order valence-corrected chi connectivity index (χ3v) is 6.03. The molecule has 1 aromatic carbocycles. The molecule has 4 rings (SSSR count). The average molecular weight is 391 g/mol. The summed E-state index contributed by atoms with van der Waals surface area (Å²) in [5, 5.41) is 19.8. The third kappa shape index (κ3) is 3.79. The van der Waals surface area contributed by atoms with Gasteiger partial charge in [-0.1, -0.05) is 24.6 Å². The molecule has 0 amide bonds. The smallest absolute Gasteiger partial charge is 0.202 e. The van der Waals surface area contributed by atoms with E-state index in [1.807, 2.05) is 18.2 Å². The summed E-state index contributed by atoms with van der Waals surface area (Å²) in [4.78, 5) is 6.85. The maximum Gasteiger partial charge on any atom is 0.202 e. The van der Waals surface area contributed by atoms with Crippen LogP contribution in [-0.2, 0) is 0 Å². The topological polar surface area (TPSA) is 70.6 Å². The molecule has 0 unspecified atom stereocenters. The number of rotatable bonds is 5. The Hall–Kier alpha value is -2.69. The Kier molecular flexibility index (Phi) is 5.70. The van der Waals surface area contributed by atoms with Crippen LogP contribution in [0.4, 0.5) is 0 Å². The molecule has 1 aliphatic heterocycles. The van der Waals surface area contributed by atoms with Crippen molar-refractivity contribution in [2.45, 2.75) is 42.4 Å². The molecule has 7 heteroatoms. The van der Waals surface area contributed by atoms with Crippen LogP contribution < -0.4 is 0 Å². The number of para-hydroxylation sites is 1. The molecule has 1 fully saturated rings. The minimum absolute atomic E-state index is 0.168. The summed E-state index contributed by atoms with van der Waals surface area (Å²) in [5.74, 6) is 0.921. The standard InChI is InChI=1S/C21H22N6S/c1-16(26-13-6-3-7-14-26)19-24-25-21(27(19)18-10-4-2-5-11-18)28-20-17(15-22)9-8-12-23-20/h2,4-5,8-12,16H,3,6-7,13-14H2,1H3/t16-/m1/s1. The summed E-state index contributed by atoms with van der Waals surface area (Å²) in [6, 6.07) is 16.1. The third-order valence-electron chi connectivity index (χ3n) is 5.06. The van der Waals surface area contributed by atoms with E-state index < -0.39 is 0 Å². The summed E-state index contributed by atoms with van der Waals surface area (Å²) in [6.07, 6.45) is 5.45. The van der Waals surface area contributed by atoms with Crippen LogP contribution in [0.3, 0.4) is 0 Å². The van der Waals surface area contributed by atoms with Crippen LogP contribution in [0.2, 0.25) is 0 Å². The highest BCUT2D eigenvalue weighted by atomic mass is 32.2. The van der Waals surface area contributed by atoms with E-state index in [-0.39, 0.29) is 6.04 Å². The predicted molar refractivity (Wildman–Crippen MR) is 108 cm³/mol. The fourth-order valence-electron chi connectivity index (χ4n) is 3.55. The number of pyridine rings is 1. The van der Waals surface area contributed by atoms with E-state index in [1.165, 1.54) is 31.0 Å². The van der Waals surface area contributed by atoms with Crippen molar-refractivity contribution in [3.63, 3.8) is 0 Å². The molecule has 2 aromatic heterocycles. The average Bonchev–Trinajstić information content (AvgIpc) is 3.18. The van der Waals surface area contributed by atoms with Crippen molar-refractivity contribution < 1.29 is 0 Å². The van der Waals surface area contributed by atoms with Crippen LogP contribution in [0.1, 0.15) is 43.6 Å². The molecule has 1 aliphatic rings. The zero-order chi connectivity index (χ0) is 19.3. The van der Waals surface area contributed by atoms with Gasteiger partial charge in [0, 0.05) is 11.9 Å². The van der Waals surface area contributed by atoms with E-state index in [0.717, 1.165) is 29.8 Å². The van der Waals surface area contributed by atoms with Gasteiger partial charge in [0.2, 0.25) is 5.16 Å². The van der Waals surface area contributed by atoms with Gasteiger partial charge in [0.25, 0.3) is 0 Å². The van der Waals surface area contributed by atoms with Gasteiger partial charge in [-0.25, -0.2) is 4.98 Å². The van der Waals surface area contributed by atoms with Crippen molar-refractivity contribution in [3.8, 4) is 11.8 Å². The van der Waals surface area contributed by atoms with E-state index in [4.69, 9.17) is 0 Å². The van der Waals surface area contributed by atoms with Crippen molar-refractivity contribution in [1.82, 2.24) is 24.6 Å². The van der Waals surface area contributed by atoms with Gasteiger partial charge in [0.1, 0.15) is 11.1 Å². The van der Waals surface area contributed by atoms with Crippen molar-refractivity contribution >= 4 is 11.8 Å². The summed E-state index contributed by atoms with van der Waals surface area (Å²) in [5.41, 5.74) is 1.56. The Morgan fingerprint density at radius 3 is 2.57 bits per heavy atom. The minimum Gasteiger partial charge on any atom is -0.294 e. The van der Waals surface area contributed by atoms with E-state index in [2.05, 4.69) is 49.8 Å². The van der Waals surface area contributed by atoms with E-state index >= 15 is 0 Å². The van der Waals surface area contributed by atoms with Gasteiger partial charge < -0.3 is 0 Å². The van der Waals surface area contributed by atoms with Crippen molar-refractivity contribution in [2.75, 3.05) is 13.1 Å². The highest BCUT2D eigenvalue weighted by Gasteiger charge is 2.26. The number of aromatic nitrogens is 4. The molecule has 6 nitrogen and oxygen atoms in total. The highest BCUT2D eigenvalue weighted by Crippen LogP contribution is 2.33. The van der Waals surface area contributed by atoms with Gasteiger partial charge >= 0.3 is 0 Å². The molecule has 0 saturated carbocycles. The number of nitriles is 1. The molecule has 1 atom stereocenters. The lowest BCUT2D eigenvalue weighted by atomic mass is 10.1. The van der Waals surface area contributed by atoms with Crippen LogP contribution in [-0.4, -0.2) is 37.7 Å². The van der Waals surface area contributed by atoms with Crippen molar-refractivity contribution in [3.05, 3.63) is 60.0 Å². The van der Waals surface area contributed by atoms with E-state index in [1.54, 1.807) is 18.3 Å². The maximum absolute atomic E-state index is 9.39. The number of hydrogen-bond donors (Lipinski definition) is 0. The molecule has 3 heterocycles. The second-order valence-electron chi connectivity index (χ2n) is 6.85. The van der Waals surface area contributed by atoms with Gasteiger partial charge in [-0.2, -0.15) is 5.26 Å². The predicted octanol–water partition coefficient (Wildman–Crippen LogP) is 4.23. The van der Waals surface area contributed by atoms with Crippen LogP contribution in [0.25, 0.3) is 5.69 Å². The van der Waals surface area contributed by atoms with Crippen molar-refractivity contribution in [2.24, 2.45) is 0 Å². The summed E-state index contributed by atoms with van der Waals surface area (Å²) in [7, 11) is 0. The van der Waals surface area contributed by atoms with Gasteiger partial charge in [-0.3, -0.25) is 9.47 Å². The molecule has 0 aliphatic carbocycles. The second-order valence-corrected chi connectivity index (χ2v) is 7.81. The van der Waals surface area contributed by atoms with Crippen LogP contribution in [0.15, 0.2) is 58.8 Å². The first-order chi connectivity index (χ1) is 13.8. The van der Waals surface area contributed by atoms with E-state index in [9.17, 15) is 5.26 Å². The fourth-order valence-corrected chi connectivity index (χ4v) is 4.43. The van der Waals surface area contributed by atoms with Gasteiger partial charge in [-0.15, -0.1) is 10.2 Å². The molecule has 1 saturated heterocycles. The number of piperidine rings is 1. The molecule has 28 heavy (non-hydrogen) atoms.